The molecule has 3 rings (SSSR count). The Morgan fingerprint density at radius 2 is 2.00 bits per heavy atom. The van der Waals surface area contributed by atoms with Crippen molar-refractivity contribution in [2.75, 3.05) is 0 Å². The Labute approximate surface area is 126 Å². The standard InChI is InChI=1S/C15H12ClN3O2/c1-10-4-5-11(8-13(10)16)19-14(18-6-2-3-7-18)12(9-17-19)15(20)21/h2-9H,1H3,(H,20,21). The van der Waals surface area contributed by atoms with E-state index in [0.29, 0.717) is 16.5 Å². The van der Waals surface area contributed by atoms with Crippen LogP contribution in [-0.4, -0.2) is 25.4 Å². The van der Waals surface area contributed by atoms with Crippen LogP contribution in [0.5, 0.6) is 0 Å². The van der Waals surface area contributed by atoms with Crippen LogP contribution in [0.25, 0.3) is 11.5 Å². The van der Waals surface area contributed by atoms with Crippen molar-refractivity contribution < 1.29 is 9.90 Å². The van der Waals surface area contributed by atoms with Crippen LogP contribution in [0.2, 0.25) is 5.02 Å². The lowest BCUT2D eigenvalue weighted by Gasteiger charge is -2.10. The molecule has 1 aromatic carbocycles. The maximum Gasteiger partial charge on any atom is 0.341 e. The average Bonchev–Trinajstić information content (AvgIpc) is 3.09. The van der Waals surface area contributed by atoms with Gasteiger partial charge in [-0.15, -0.1) is 0 Å². The summed E-state index contributed by atoms with van der Waals surface area (Å²) in [5.74, 6) is -0.560. The third kappa shape index (κ3) is 2.32. The lowest BCUT2D eigenvalue weighted by molar-refractivity contribution is 0.0697. The van der Waals surface area contributed by atoms with Gasteiger partial charge in [0.1, 0.15) is 5.56 Å². The summed E-state index contributed by atoms with van der Waals surface area (Å²) in [6.45, 7) is 1.91. The van der Waals surface area contributed by atoms with Crippen molar-refractivity contribution in [3.05, 3.63) is 65.1 Å². The van der Waals surface area contributed by atoms with E-state index in [0.717, 1.165) is 5.56 Å². The van der Waals surface area contributed by atoms with E-state index in [1.807, 2.05) is 31.2 Å². The van der Waals surface area contributed by atoms with Crippen LogP contribution < -0.4 is 0 Å². The number of carbonyl (C=O) groups is 1. The number of nitrogens with zero attached hydrogens (tertiary/aromatic N) is 3. The highest BCUT2D eigenvalue weighted by Gasteiger charge is 2.19. The molecule has 0 spiro atoms. The zero-order valence-electron chi connectivity index (χ0n) is 11.2. The molecule has 0 fully saturated rings. The minimum atomic E-state index is -1.02. The van der Waals surface area contributed by atoms with E-state index in [4.69, 9.17) is 11.6 Å². The molecule has 0 saturated heterocycles. The van der Waals surface area contributed by atoms with E-state index in [2.05, 4.69) is 5.10 Å². The summed E-state index contributed by atoms with van der Waals surface area (Å²) in [5.41, 5.74) is 1.79. The SMILES string of the molecule is Cc1ccc(-n2ncc(C(=O)O)c2-n2cccc2)cc1Cl. The fourth-order valence-corrected chi connectivity index (χ4v) is 2.29. The number of hydrogen-bond donors (Lipinski definition) is 1. The van der Waals surface area contributed by atoms with Crippen LogP contribution >= 0.6 is 11.6 Å². The van der Waals surface area contributed by atoms with Gasteiger partial charge >= 0.3 is 5.97 Å². The number of aryl methyl sites for hydroxylation is 1. The smallest absolute Gasteiger partial charge is 0.341 e. The van der Waals surface area contributed by atoms with Crippen LogP contribution in [-0.2, 0) is 0 Å². The fourth-order valence-electron chi connectivity index (χ4n) is 2.12. The highest BCUT2D eigenvalue weighted by Crippen LogP contribution is 2.23. The number of rotatable bonds is 3. The van der Waals surface area contributed by atoms with E-state index in [1.165, 1.54) is 6.20 Å². The summed E-state index contributed by atoms with van der Waals surface area (Å²) in [5, 5.41) is 14.1. The monoisotopic (exact) mass is 301 g/mol. The molecule has 2 heterocycles. The van der Waals surface area contributed by atoms with E-state index in [-0.39, 0.29) is 5.56 Å². The average molecular weight is 302 g/mol. The van der Waals surface area contributed by atoms with Gasteiger partial charge in [0.15, 0.2) is 5.82 Å². The molecule has 0 aliphatic carbocycles. The molecule has 3 aromatic rings. The van der Waals surface area contributed by atoms with E-state index in [9.17, 15) is 9.90 Å². The zero-order chi connectivity index (χ0) is 15.0. The first-order valence-electron chi connectivity index (χ1n) is 6.29. The highest BCUT2D eigenvalue weighted by atomic mass is 35.5. The molecule has 21 heavy (non-hydrogen) atoms. The second-order valence-corrected chi connectivity index (χ2v) is 5.03. The van der Waals surface area contributed by atoms with Gasteiger partial charge in [0.25, 0.3) is 0 Å². The zero-order valence-corrected chi connectivity index (χ0v) is 11.9. The summed E-state index contributed by atoms with van der Waals surface area (Å²) in [6, 6.07) is 9.14. The fraction of sp³-hybridized carbons (Fsp3) is 0.0667. The predicted molar refractivity (Wildman–Crippen MR) is 79.6 cm³/mol. The molecule has 0 saturated carbocycles. The Hall–Kier alpha value is -2.53. The maximum absolute atomic E-state index is 11.4. The number of carboxylic acids is 1. The Morgan fingerprint density at radius 1 is 1.29 bits per heavy atom. The summed E-state index contributed by atoms with van der Waals surface area (Å²) in [6.07, 6.45) is 4.89. The molecule has 0 aliphatic rings. The topological polar surface area (TPSA) is 60.1 Å². The molecule has 0 aliphatic heterocycles. The van der Waals surface area contributed by atoms with Gasteiger partial charge in [0, 0.05) is 17.4 Å². The van der Waals surface area contributed by atoms with E-state index >= 15 is 0 Å². The number of hydrogen-bond acceptors (Lipinski definition) is 2. The second kappa shape index (κ2) is 5.10. The van der Waals surface area contributed by atoms with Gasteiger partial charge < -0.3 is 9.67 Å². The van der Waals surface area contributed by atoms with E-state index in [1.54, 1.807) is 27.7 Å². The molecule has 6 heteroatoms. The lowest BCUT2D eigenvalue weighted by Crippen LogP contribution is -2.08. The number of carboxylic acid groups (broad SMARTS) is 1. The Balaban J connectivity index is 2.23. The van der Waals surface area contributed by atoms with Gasteiger partial charge in [-0.1, -0.05) is 17.7 Å². The highest BCUT2D eigenvalue weighted by molar-refractivity contribution is 6.31. The third-order valence-corrected chi connectivity index (χ3v) is 3.63. The summed E-state index contributed by atoms with van der Waals surface area (Å²) in [7, 11) is 0. The van der Waals surface area contributed by atoms with Gasteiger partial charge in [-0.05, 0) is 36.8 Å². The van der Waals surface area contributed by atoms with Crippen LogP contribution in [0.15, 0.2) is 48.9 Å². The first-order valence-corrected chi connectivity index (χ1v) is 6.67. The van der Waals surface area contributed by atoms with Crippen LogP contribution in [0, 0.1) is 6.92 Å². The molecular weight excluding hydrogens is 290 g/mol. The van der Waals surface area contributed by atoms with Gasteiger partial charge in [-0.3, -0.25) is 0 Å². The van der Waals surface area contributed by atoms with Gasteiger partial charge in [0.2, 0.25) is 0 Å². The number of aromatic carboxylic acids is 1. The Kier molecular flexibility index (Phi) is 3.27. The Bertz CT molecular complexity index is 806. The summed E-state index contributed by atoms with van der Waals surface area (Å²) in [4.78, 5) is 11.4. The molecule has 0 amide bonds. The molecule has 0 unspecified atom stereocenters. The van der Waals surface area contributed by atoms with Crippen molar-refractivity contribution >= 4 is 17.6 Å². The molecule has 0 atom stereocenters. The molecule has 2 aromatic heterocycles. The normalized spacial score (nSPS) is 10.8. The Morgan fingerprint density at radius 3 is 2.62 bits per heavy atom. The summed E-state index contributed by atoms with van der Waals surface area (Å²) < 4.78 is 3.28. The van der Waals surface area contributed by atoms with Crippen LogP contribution in [0.1, 0.15) is 15.9 Å². The first kappa shape index (κ1) is 13.5. The number of halogens is 1. The minimum Gasteiger partial charge on any atom is -0.477 e. The first-order chi connectivity index (χ1) is 10.1. The molecular formula is C15H12ClN3O2. The lowest BCUT2D eigenvalue weighted by atomic mass is 10.2. The summed E-state index contributed by atoms with van der Waals surface area (Å²) >= 11 is 6.15. The largest absolute Gasteiger partial charge is 0.477 e. The van der Waals surface area contributed by atoms with Crippen molar-refractivity contribution in [2.45, 2.75) is 6.92 Å². The van der Waals surface area contributed by atoms with Crippen molar-refractivity contribution in [1.29, 1.82) is 0 Å². The number of aromatic nitrogens is 3. The van der Waals surface area contributed by atoms with Gasteiger partial charge in [-0.25, -0.2) is 9.48 Å². The van der Waals surface area contributed by atoms with Crippen molar-refractivity contribution in [1.82, 2.24) is 14.3 Å². The van der Waals surface area contributed by atoms with Crippen LogP contribution in [0.3, 0.4) is 0 Å². The molecule has 0 radical (unpaired) electrons. The molecule has 1 N–H and O–H groups in total. The molecule has 0 bridgehead atoms. The van der Waals surface area contributed by atoms with Gasteiger partial charge in [0.05, 0.1) is 11.9 Å². The minimum absolute atomic E-state index is 0.128. The van der Waals surface area contributed by atoms with Crippen molar-refractivity contribution in [3.8, 4) is 11.5 Å². The number of benzene rings is 1. The molecule has 5 nitrogen and oxygen atoms in total. The van der Waals surface area contributed by atoms with Crippen LogP contribution in [0.4, 0.5) is 0 Å². The van der Waals surface area contributed by atoms with Crippen molar-refractivity contribution in [3.63, 3.8) is 0 Å². The van der Waals surface area contributed by atoms with Gasteiger partial charge in [-0.2, -0.15) is 5.10 Å². The quantitative estimate of drug-likeness (QED) is 0.807. The van der Waals surface area contributed by atoms with Crippen molar-refractivity contribution in [2.24, 2.45) is 0 Å². The van der Waals surface area contributed by atoms with E-state index < -0.39 is 5.97 Å². The third-order valence-electron chi connectivity index (χ3n) is 3.22. The molecule has 106 valence electrons. The second-order valence-electron chi connectivity index (χ2n) is 4.62. The maximum atomic E-state index is 11.4. The predicted octanol–water partition coefficient (Wildman–Crippen LogP) is 3.32.